The van der Waals surface area contributed by atoms with Crippen LogP contribution in [-0.4, -0.2) is 19.6 Å². The van der Waals surface area contributed by atoms with Crippen molar-refractivity contribution in [2.45, 2.75) is 20.3 Å². The molecule has 0 heterocycles. The highest BCUT2D eigenvalue weighted by atomic mass is 14.9. The fourth-order valence-electron chi connectivity index (χ4n) is 1.42. The lowest BCUT2D eigenvalue weighted by Gasteiger charge is -2.09. The Morgan fingerprint density at radius 1 is 1.27 bits per heavy atom. The fraction of sp³-hybridized carbons (Fsp3) is 0.538. The SMILES string of the molecule is Cc1ccc(CCNCC(C)CN)cc1. The summed E-state index contributed by atoms with van der Waals surface area (Å²) in [5.74, 6) is 0.572. The van der Waals surface area contributed by atoms with Crippen LogP contribution in [0, 0.1) is 12.8 Å². The zero-order chi connectivity index (χ0) is 11.1. The van der Waals surface area contributed by atoms with E-state index in [4.69, 9.17) is 5.73 Å². The van der Waals surface area contributed by atoms with Gasteiger partial charge in [-0.25, -0.2) is 0 Å². The van der Waals surface area contributed by atoms with Gasteiger partial charge in [0.25, 0.3) is 0 Å². The molecule has 2 nitrogen and oxygen atoms in total. The zero-order valence-electron chi connectivity index (χ0n) is 9.79. The fourth-order valence-corrected chi connectivity index (χ4v) is 1.42. The molecule has 0 saturated carbocycles. The molecule has 0 aliphatic rings. The van der Waals surface area contributed by atoms with Crippen molar-refractivity contribution in [2.75, 3.05) is 19.6 Å². The first-order valence-corrected chi connectivity index (χ1v) is 5.68. The van der Waals surface area contributed by atoms with E-state index in [1.54, 1.807) is 0 Å². The second-order valence-electron chi connectivity index (χ2n) is 4.28. The van der Waals surface area contributed by atoms with Crippen LogP contribution in [0.25, 0.3) is 0 Å². The smallest absolute Gasteiger partial charge is 0.000823 e. The summed E-state index contributed by atoms with van der Waals surface area (Å²) in [5.41, 5.74) is 8.26. The predicted octanol–water partition coefficient (Wildman–Crippen LogP) is 1.72. The number of hydrogen-bond acceptors (Lipinski definition) is 2. The molecule has 0 aromatic heterocycles. The lowest BCUT2D eigenvalue weighted by molar-refractivity contribution is 0.524. The summed E-state index contributed by atoms with van der Waals surface area (Å²) >= 11 is 0. The van der Waals surface area contributed by atoms with E-state index in [0.717, 1.165) is 26.1 Å². The third-order valence-electron chi connectivity index (χ3n) is 2.61. The van der Waals surface area contributed by atoms with Crippen molar-refractivity contribution in [2.24, 2.45) is 11.7 Å². The van der Waals surface area contributed by atoms with E-state index >= 15 is 0 Å². The molecule has 2 heteroatoms. The van der Waals surface area contributed by atoms with Crippen LogP contribution in [0.5, 0.6) is 0 Å². The molecule has 0 fully saturated rings. The van der Waals surface area contributed by atoms with Gasteiger partial charge in [0.15, 0.2) is 0 Å². The van der Waals surface area contributed by atoms with Gasteiger partial charge < -0.3 is 11.1 Å². The molecule has 0 aliphatic carbocycles. The van der Waals surface area contributed by atoms with Crippen molar-refractivity contribution in [1.29, 1.82) is 0 Å². The maximum atomic E-state index is 5.54. The Balaban J connectivity index is 2.17. The van der Waals surface area contributed by atoms with E-state index in [0.29, 0.717) is 5.92 Å². The first-order chi connectivity index (χ1) is 7.22. The number of nitrogens with one attached hydrogen (secondary N) is 1. The van der Waals surface area contributed by atoms with Crippen molar-refractivity contribution >= 4 is 0 Å². The summed E-state index contributed by atoms with van der Waals surface area (Å²) in [6, 6.07) is 8.72. The minimum Gasteiger partial charge on any atom is -0.330 e. The van der Waals surface area contributed by atoms with Crippen molar-refractivity contribution < 1.29 is 0 Å². The molecule has 1 atom stereocenters. The topological polar surface area (TPSA) is 38.0 Å². The summed E-state index contributed by atoms with van der Waals surface area (Å²) in [7, 11) is 0. The number of hydrogen-bond donors (Lipinski definition) is 2. The van der Waals surface area contributed by atoms with Crippen molar-refractivity contribution in [3.05, 3.63) is 35.4 Å². The van der Waals surface area contributed by atoms with Crippen LogP contribution >= 0.6 is 0 Å². The number of rotatable bonds is 6. The van der Waals surface area contributed by atoms with Crippen LogP contribution in [0.3, 0.4) is 0 Å². The quantitative estimate of drug-likeness (QED) is 0.696. The van der Waals surface area contributed by atoms with Crippen LogP contribution in [-0.2, 0) is 6.42 Å². The van der Waals surface area contributed by atoms with Gasteiger partial charge in [-0.2, -0.15) is 0 Å². The minimum absolute atomic E-state index is 0.572. The van der Waals surface area contributed by atoms with Crippen LogP contribution < -0.4 is 11.1 Å². The monoisotopic (exact) mass is 206 g/mol. The molecule has 0 aliphatic heterocycles. The van der Waals surface area contributed by atoms with Crippen LogP contribution in [0.2, 0.25) is 0 Å². The number of benzene rings is 1. The molecule has 1 rings (SSSR count). The molecule has 1 aromatic carbocycles. The molecule has 0 spiro atoms. The maximum absolute atomic E-state index is 5.54. The molecule has 3 N–H and O–H groups in total. The first-order valence-electron chi connectivity index (χ1n) is 5.68. The molecular formula is C13H22N2. The summed E-state index contributed by atoms with van der Waals surface area (Å²) in [6.45, 7) is 7.09. The van der Waals surface area contributed by atoms with E-state index in [1.807, 2.05) is 0 Å². The maximum Gasteiger partial charge on any atom is -0.000823 e. The Bertz CT molecular complexity index is 266. The van der Waals surface area contributed by atoms with Crippen LogP contribution in [0.15, 0.2) is 24.3 Å². The van der Waals surface area contributed by atoms with Gasteiger partial charge in [0, 0.05) is 0 Å². The normalized spacial score (nSPS) is 12.7. The van der Waals surface area contributed by atoms with Gasteiger partial charge in [0.05, 0.1) is 0 Å². The van der Waals surface area contributed by atoms with E-state index < -0.39 is 0 Å². The van der Waals surface area contributed by atoms with Crippen molar-refractivity contribution in [3.8, 4) is 0 Å². The van der Waals surface area contributed by atoms with Gasteiger partial charge in [0.2, 0.25) is 0 Å². The van der Waals surface area contributed by atoms with Gasteiger partial charge in [-0.3, -0.25) is 0 Å². The highest BCUT2D eigenvalue weighted by Crippen LogP contribution is 2.03. The van der Waals surface area contributed by atoms with Crippen molar-refractivity contribution in [3.63, 3.8) is 0 Å². The summed E-state index contributed by atoms with van der Waals surface area (Å²) in [4.78, 5) is 0. The van der Waals surface area contributed by atoms with Gasteiger partial charge in [0.1, 0.15) is 0 Å². The summed E-state index contributed by atoms with van der Waals surface area (Å²) in [5, 5.41) is 3.42. The van der Waals surface area contributed by atoms with E-state index in [1.165, 1.54) is 11.1 Å². The lowest BCUT2D eigenvalue weighted by Crippen LogP contribution is -2.27. The highest BCUT2D eigenvalue weighted by Gasteiger charge is 1.97. The Morgan fingerprint density at radius 3 is 2.53 bits per heavy atom. The molecule has 0 saturated heterocycles. The molecule has 0 amide bonds. The van der Waals surface area contributed by atoms with E-state index in [9.17, 15) is 0 Å². The second-order valence-corrected chi connectivity index (χ2v) is 4.28. The van der Waals surface area contributed by atoms with Crippen LogP contribution in [0.1, 0.15) is 18.1 Å². The minimum atomic E-state index is 0.572. The van der Waals surface area contributed by atoms with E-state index in [-0.39, 0.29) is 0 Å². The molecule has 1 aromatic rings. The van der Waals surface area contributed by atoms with Crippen LogP contribution in [0.4, 0.5) is 0 Å². The van der Waals surface area contributed by atoms with Crippen molar-refractivity contribution in [1.82, 2.24) is 5.32 Å². The lowest BCUT2D eigenvalue weighted by atomic mass is 10.1. The molecule has 84 valence electrons. The Morgan fingerprint density at radius 2 is 1.93 bits per heavy atom. The highest BCUT2D eigenvalue weighted by molar-refractivity contribution is 5.21. The first kappa shape index (κ1) is 12.2. The Kier molecular flexibility index (Phi) is 5.37. The standard InChI is InChI=1S/C13H22N2/c1-11-3-5-13(6-4-11)7-8-15-10-12(2)9-14/h3-6,12,15H,7-10,14H2,1-2H3. The second kappa shape index (κ2) is 6.59. The summed E-state index contributed by atoms with van der Waals surface area (Å²) < 4.78 is 0. The largest absolute Gasteiger partial charge is 0.330 e. The average molecular weight is 206 g/mol. The summed E-state index contributed by atoms with van der Waals surface area (Å²) in [6.07, 6.45) is 1.09. The Hall–Kier alpha value is -0.860. The molecule has 0 radical (unpaired) electrons. The molecule has 15 heavy (non-hydrogen) atoms. The van der Waals surface area contributed by atoms with Gasteiger partial charge in [-0.1, -0.05) is 36.8 Å². The van der Waals surface area contributed by atoms with Gasteiger partial charge in [-0.15, -0.1) is 0 Å². The average Bonchev–Trinajstić information content (AvgIpc) is 2.26. The van der Waals surface area contributed by atoms with Gasteiger partial charge >= 0.3 is 0 Å². The number of aryl methyl sites for hydroxylation is 1. The number of nitrogens with two attached hydrogens (primary N) is 1. The zero-order valence-corrected chi connectivity index (χ0v) is 9.79. The predicted molar refractivity (Wildman–Crippen MR) is 66.0 cm³/mol. The molecule has 1 unspecified atom stereocenters. The van der Waals surface area contributed by atoms with E-state index in [2.05, 4.69) is 43.4 Å². The van der Waals surface area contributed by atoms with Gasteiger partial charge in [-0.05, 0) is 44.5 Å². The molecular weight excluding hydrogens is 184 g/mol. The molecule has 0 bridgehead atoms. The Labute approximate surface area is 92.9 Å². The third kappa shape index (κ3) is 4.96. The third-order valence-corrected chi connectivity index (χ3v) is 2.61.